The highest BCUT2D eigenvalue weighted by Crippen LogP contribution is 2.45. The average molecular weight is 479 g/mol. The average Bonchev–Trinajstić information content (AvgIpc) is 2.78. The van der Waals surface area contributed by atoms with E-state index in [1.807, 2.05) is 0 Å². The number of hydrogen-bond donors (Lipinski definition) is 0. The molecule has 0 amide bonds. The van der Waals surface area contributed by atoms with Crippen molar-refractivity contribution in [2.45, 2.75) is 45.7 Å². The molecule has 0 saturated heterocycles. The third-order valence-electron chi connectivity index (χ3n) is 6.34. The number of nitrogens with zero attached hydrogens (tertiary/aromatic N) is 2. The molecule has 0 aliphatic heterocycles. The highest BCUT2D eigenvalue weighted by molar-refractivity contribution is 6.00. The lowest BCUT2D eigenvalue weighted by Gasteiger charge is -2.34. The van der Waals surface area contributed by atoms with Crippen LogP contribution >= 0.6 is 0 Å². The number of aryl methyl sites for hydroxylation is 1. The van der Waals surface area contributed by atoms with E-state index in [0.29, 0.717) is 17.3 Å². The second-order valence-corrected chi connectivity index (χ2v) is 8.61. The van der Waals surface area contributed by atoms with Crippen molar-refractivity contribution in [3.63, 3.8) is 0 Å². The van der Waals surface area contributed by atoms with Crippen LogP contribution in [0, 0.1) is 18.8 Å². The van der Waals surface area contributed by atoms with E-state index in [9.17, 15) is 22.8 Å². The summed E-state index contributed by atoms with van der Waals surface area (Å²) in [5, 5.41) is 0. The van der Waals surface area contributed by atoms with Crippen LogP contribution in [-0.4, -0.2) is 37.5 Å². The summed E-state index contributed by atoms with van der Waals surface area (Å²) in [6.45, 7) is 4.93. The van der Waals surface area contributed by atoms with Gasteiger partial charge in [-0.05, 0) is 62.1 Å². The first-order chi connectivity index (χ1) is 16.0. The lowest BCUT2D eigenvalue weighted by atomic mass is 9.71. The first-order valence-electron chi connectivity index (χ1n) is 11.1. The maximum absolute atomic E-state index is 14.1. The number of pyridine rings is 1. The predicted molar refractivity (Wildman–Crippen MR) is 121 cm³/mol. The van der Waals surface area contributed by atoms with Gasteiger partial charge >= 0.3 is 12.1 Å². The van der Waals surface area contributed by atoms with Gasteiger partial charge in [0.1, 0.15) is 23.3 Å². The fraction of sp³-hybridized carbons (Fsp3) is 0.480. The van der Waals surface area contributed by atoms with Crippen molar-refractivity contribution in [1.82, 2.24) is 4.98 Å². The van der Waals surface area contributed by atoms with Gasteiger partial charge in [0.15, 0.2) is 0 Å². The molecule has 0 spiro atoms. The molecule has 0 radical (unpaired) electrons. The molecule has 1 aromatic carbocycles. The zero-order valence-electron chi connectivity index (χ0n) is 19.9. The topological polar surface area (TPSA) is 68.7 Å². The summed E-state index contributed by atoms with van der Waals surface area (Å²) in [6, 6.07) is 8.46. The fourth-order valence-corrected chi connectivity index (χ4v) is 4.49. The van der Waals surface area contributed by atoms with Crippen LogP contribution in [0.2, 0.25) is 0 Å². The first-order valence-corrected chi connectivity index (χ1v) is 11.1. The smallest absolute Gasteiger partial charge is 0.418 e. The number of esters is 1. The number of halogens is 3. The number of hydrogen-bond acceptors (Lipinski definition) is 6. The Morgan fingerprint density at radius 3 is 2.44 bits per heavy atom. The molecule has 3 unspecified atom stereocenters. The minimum absolute atomic E-state index is 0.0278. The predicted octanol–water partition coefficient (Wildman–Crippen LogP) is 5.45. The van der Waals surface area contributed by atoms with Crippen molar-refractivity contribution in [3.05, 3.63) is 47.2 Å². The van der Waals surface area contributed by atoms with E-state index in [1.165, 1.54) is 13.0 Å². The number of anilines is 2. The Kier molecular flexibility index (Phi) is 7.53. The molecule has 1 heterocycles. The van der Waals surface area contributed by atoms with E-state index in [2.05, 4.69) is 4.98 Å². The Bertz CT molecular complexity index is 1050. The number of aromatic nitrogens is 1. The number of methoxy groups -OCH3 is 1. The van der Waals surface area contributed by atoms with Crippen LogP contribution in [0.3, 0.4) is 0 Å². The molecule has 34 heavy (non-hydrogen) atoms. The van der Waals surface area contributed by atoms with Crippen molar-refractivity contribution < 1.29 is 32.2 Å². The van der Waals surface area contributed by atoms with Crippen LogP contribution in [0.4, 0.5) is 24.7 Å². The van der Waals surface area contributed by atoms with Gasteiger partial charge in [-0.3, -0.25) is 9.59 Å². The zero-order chi connectivity index (χ0) is 25.2. The third kappa shape index (κ3) is 5.18. The number of carbonyl (C=O) groups is 2. The molecule has 3 rings (SSSR count). The van der Waals surface area contributed by atoms with Gasteiger partial charge in [0.2, 0.25) is 0 Å². The SMILES string of the molecule is CCOC(=O)C1CC(C)C(c2nc(N(C)c3ccc(OC)cc3)cc(C)c2C(F)(F)F)CC1=O. The molecule has 184 valence electrons. The largest absolute Gasteiger partial charge is 0.497 e. The number of carbonyl (C=O) groups excluding carboxylic acids is 2. The molecule has 0 bridgehead atoms. The molecule has 9 heteroatoms. The molecule has 2 aromatic rings. The highest BCUT2D eigenvalue weighted by atomic mass is 19.4. The summed E-state index contributed by atoms with van der Waals surface area (Å²) in [4.78, 5) is 31.1. The van der Waals surface area contributed by atoms with E-state index >= 15 is 0 Å². The van der Waals surface area contributed by atoms with Crippen molar-refractivity contribution in [3.8, 4) is 5.75 Å². The minimum atomic E-state index is -4.63. The molecule has 1 aromatic heterocycles. The van der Waals surface area contributed by atoms with E-state index in [-0.39, 0.29) is 36.6 Å². The van der Waals surface area contributed by atoms with Crippen LogP contribution < -0.4 is 9.64 Å². The molecule has 1 fully saturated rings. The molecular formula is C25H29F3N2O4. The van der Waals surface area contributed by atoms with Crippen LogP contribution in [0.15, 0.2) is 30.3 Å². The Labute approximate surface area is 197 Å². The number of alkyl halides is 3. The number of rotatable bonds is 6. The van der Waals surface area contributed by atoms with Gasteiger partial charge in [-0.1, -0.05) is 6.92 Å². The Morgan fingerprint density at radius 2 is 1.88 bits per heavy atom. The van der Waals surface area contributed by atoms with Gasteiger partial charge < -0.3 is 14.4 Å². The molecule has 0 N–H and O–H groups in total. The standard InChI is InChI=1S/C25H29F3N2O4/c1-6-34-24(32)19-11-14(2)18(13-20(19)31)23-22(25(26,27)28)15(3)12-21(29-23)30(4)16-7-9-17(33-5)10-8-16/h7-10,12,14,18-19H,6,11,13H2,1-5H3. The molecule has 6 nitrogen and oxygen atoms in total. The number of benzene rings is 1. The van der Waals surface area contributed by atoms with E-state index in [0.717, 1.165) is 0 Å². The molecule has 1 aliphatic rings. The summed E-state index contributed by atoms with van der Waals surface area (Å²) in [6.07, 6.45) is -4.71. The van der Waals surface area contributed by atoms with Gasteiger partial charge in [-0.2, -0.15) is 13.2 Å². The fourth-order valence-electron chi connectivity index (χ4n) is 4.49. The summed E-state index contributed by atoms with van der Waals surface area (Å²) in [5.74, 6) is -2.14. The van der Waals surface area contributed by atoms with E-state index in [4.69, 9.17) is 9.47 Å². The lowest BCUT2D eigenvalue weighted by Crippen LogP contribution is -2.36. The van der Waals surface area contributed by atoms with Crippen LogP contribution in [-0.2, 0) is 20.5 Å². The van der Waals surface area contributed by atoms with Crippen molar-refractivity contribution in [2.24, 2.45) is 11.8 Å². The van der Waals surface area contributed by atoms with Gasteiger partial charge in [0.25, 0.3) is 0 Å². The Hall–Kier alpha value is -3.10. The van der Waals surface area contributed by atoms with E-state index < -0.39 is 35.3 Å². The maximum atomic E-state index is 14.1. The highest BCUT2D eigenvalue weighted by Gasteiger charge is 2.44. The summed E-state index contributed by atoms with van der Waals surface area (Å²) in [5.41, 5.74) is -0.238. The van der Waals surface area contributed by atoms with Crippen molar-refractivity contribution >= 4 is 23.3 Å². The van der Waals surface area contributed by atoms with Crippen molar-refractivity contribution in [2.75, 3.05) is 25.7 Å². The molecule has 3 atom stereocenters. The van der Waals surface area contributed by atoms with Gasteiger partial charge in [0, 0.05) is 25.1 Å². The number of ether oxygens (including phenoxy) is 2. The quantitative estimate of drug-likeness (QED) is 0.406. The zero-order valence-corrected chi connectivity index (χ0v) is 19.9. The summed E-state index contributed by atoms with van der Waals surface area (Å²) in [7, 11) is 3.26. The number of ketones is 1. The van der Waals surface area contributed by atoms with Gasteiger partial charge in [0.05, 0.1) is 25.0 Å². The maximum Gasteiger partial charge on any atom is 0.418 e. The van der Waals surface area contributed by atoms with Crippen LogP contribution in [0.25, 0.3) is 0 Å². The lowest BCUT2D eigenvalue weighted by molar-refractivity contribution is -0.154. The normalized spacial score (nSPS) is 20.7. The molecular weight excluding hydrogens is 449 g/mol. The Balaban J connectivity index is 2.03. The Morgan fingerprint density at radius 1 is 1.24 bits per heavy atom. The monoisotopic (exact) mass is 478 g/mol. The molecule has 1 aliphatic carbocycles. The van der Waals surface area contributed by atoms with Crippen LogP contribution in [0.1, 0.15) is 49.4 Å². The second kappa shape index (κ2) is 10.0. The van der Waals surface area contributed by atoms with Gasteiger partial charge in [-0.25, -0.2) is 4.98 Å². The van der Waals surface area contributed by atoms with E-state index in [1.54, 1.807) is 57.2 Å². The summed E-state index contributed by atoms with van der Waals surface area (Å²) >= 11 is 0. The summed E-state index contributed by atoms with van der Waals surface area (Å²) < 4.78 is 52.5. The van der Waals surface area contributed by atoms with Crippen LogP contribution in [0.5, 0.6) is 5.75 Å². The third-order valence-corrected chi connectivity index (χ3v) is 6.34. The second-order valence-electron chi connectivity index (χ2n) is 8.61. The van der Waals surface area contributed by atoms with Crippen molar-refractivity contribution in [1.29, 1.82) is 0 Å². The first kappa shape index (κ1) is 25.5. The van der Waals surface area contributed by atoms with Gasteiger partial charge in [-0.15, -0.1) is 0 Å². The molecule has 1 saturated carbocycles. The number of Topliss-reactive ketones (excluding diaryl/α,β-unsaturated/α-hetero) is 1. The minimum Gasteiger partial charge on any atom is -0.497 e.